The smallest absolute Gasteiger partial charge is 0.324 e. The Balaban J connectivity index is 2.58. The number of carbonyl (C=O) groups is 1. The maximum absolute atomic E-state index is 13.9. The molecule has 0 spiro atoms. The van der Waals surface area contributed by atoms with Crippen molar-refractivity contribution in [2.24, 2.45) is 0 Å². The second kappa shape index (κ2) is 7.35. The number of nitrogens with zero attached hydrogens (tertiary/aromatic N) is 2. The molecular formula is C15H13FN2O7S. The van der Waals surface area contributed by atoms with Crippen LogP contribution in [0.3, 0.4) is 0 Å². The van der Waals surface area contributed by atoms with Crippen molar-refractivity contribution in [2.45, 2.75) is 4.90 Å². The highest BCUT2D eigenvalue weighted by Crippen LogP contribution is 2.28. The Morgan fingerprint density at radius 3 is 2.54 bits per heavy atom. The molecular weight excluding hydrogens is 371 g/mol. The predicted octanol–water partition coefficient (Wildman–Crippen LogP) is 2.02. The molecule has 0 saturated carbocycles. The predicted molar refractivity (Wildman–Crippen MR) is 88.2 cm³/mol. The van der Waals surface area contributed by atoms with Gasteiger partial charge in [0, 0.05) is 12.1 Å². The van der Waals surface area contributed by atoms with Crippen LogP contribution in [0.1, 0.15) is 0 Å². The third-order valence-corrected chi connectivity index (χ3v) is 5.09. The molecule has 2 rings (SSSR count). The molecule has 0 bridgehead atoms. The van der Waals surface area contributed by atoms with E-state index in [9.17, 15) is 27.7 Å². The Hall–Kier alpha value is -3.21. The first kappa shape index (κ1) is 19.1. The minimum Gasteiger partial charge on any atom is -0.494 e. The number of rotatable bonds is 7. The monoisotopic (exact) mass is 384 g/mol. The average Bonchev–Trinajstić information content (AvgIpc) is 2.59. The van der Waals surface area contributed by atoms with Gasteiger partial charge in [-0.3, -0.25) is 19.2 Å². The summed E-state index contributed by atoms with van der Waals surface area (Å²) in [5, 5.41) is 19.9. The van der Waals surface area contributed by atoms with Crippen LogP contribution in [0.2, 0.25) is 0 Å². The molecule has 0 atom stereocenters. The van der Waals surface area contributed by atoms with Crippen LogP contribution in [0.4, 0.5) is 15.8 Å². The molecule has 0 radical (unpaired) electrons. The summed E-state index contributed by atoms with van der Waals surface area (Å²) < 4.78 is 44.6. The Labute approximate surface area is 147 Å². The minimum absolute atomic E-state index is 0.191. The molecule has 1 N–H and O–H groups in total. The van der Waals surface area contributed by atoms with Crippen LogP contribution < -0.4 is 9.04 Å². The van der Waals surface area contributed by atoms with E-state index in [1.807, 2.05) is 0 Å². The fourth-order valence-corrected chi connectivity index (χ4v) is 3.55. The van der Waals surface area contributed by atoms with Gasteiger partial charge in [0.15, 0.2) is 11.6 Å². The molecule has 9 nitrogen and oxygen atoms in total. The molecule has 2 aromatic rings. The van der Waals surface area contributed by atoms with E-state index in [0.717, 1.165) is 24.3 Å². The average molecular weight is 384 g/mol. The number of sulfonamides is 1. The first-order chi connectivity index (χ1) is 12.2. The highest BCUT2D eigenvalue weighted by Gasteiger charge is 2.29. The topological polar surface area (TPSA) is 127 Å². The number of anilines is 1. The van der Waals surface area contributed by atoms with E-state index < -0.39 is 43.9 Å². The third-order valence-electron chi connectivity index (χ3n) is 3.32. The van der Waals surface area contributed by atoms with E-state index in [1.165, 1.54) is 19.2 Å². The molecule has 0 aliphatic heterocycles. The van der Waals surface area contributed by atoms with Gasteiger partial charge in [-0.25, -0.2) is 12.8 Å². The summed E-state index contributed by atoms with van der Waals surface area (Å²) in [6.07, 6.45) is 0. The SMILES string of the molecule is COc1ccc(S(=O)(=O)N(CC(=O)O)c2cccc([N+](=O)[O-])c2)cc1F. The molecule has 0 amide bonds. The number of halogens is 1. The summed E-state index contributed by atoms with van der Waals surface area (Å²) in [4.78, 5) is 20.7. The number of benzene rings is 2. The summed E-state index contributed by atoms with van der Waals surface area (Å²) in [6, 6.07) is 7.26. The van der Waals surface area contributed by atoms with Crippen molar-refractivity contribution in [1.82, 2.24) is 0 Å². The van der Waals surface area contributed by atoms with Gasteiger partial charge in [-0.15, -0.1) is 0 Å². The van der Waals surface area contributed by atoms with Crippen molar-refractivity contribution in [3.05, 3.63) is 58.4 Å². The molecule has 2 aromatic carbocycles. The van der Waals surface area contributed by atoms with Crippen LogP contribution in [0.15, 0.2) is 47.4 Å². The van der Waals surface area contributed by atoms with Gasteiger partial charge in [-0.2, -0.15) is 0 Å². The number of non-ortho nitro benzene ring substituents is 1. The van der Waals surface area contributed by atoms with Gasteiger partial charge >= 0.3 is 5.97 Å². The zero-order valence-electron chi connectivity index (χ0n) is 13.3. The lowest BCUT2D eigenvalue weighted by Crippen LogP contribution is -2.35. The van der Waals surface area contributed by atoms with Gasteiger partial charge in [0.2, 0.25) is 0 Å². The molecule has 0 unspecified atom stereocenters. The lowest BCUT2D eigenvalue weighted by Gasteiger charge is -2.22. The first-order valence-electron chi connectivity index (χ1n) is 6.99. The Kier molecular flexibility index (Phi) is 5.41. The van der Waals surface area contributed by atoms with Crippen molar-refractivity contribution in [1.29, 1.82) is 0 Å². The summed E-state index contributed by atoms with van der Waals surface area (Å²) in [7, 11) is -3.30. The van der Waals surface area contributed by atoms with E-state index in [2.05, 4.69) is 0 Å². The van der Waals surface area contributed by atoms with Crippen molar-refractivity contribution in [2.75, 3.05) is 18.0 Å². The quantitative estimate of drug-likeness (QED) is 0.571. The standard InChI is InChI=1S/C15H13FN2O7S/c1-25-14-6-5-12(8-13(14)16)26(23,24)17(9-15(19)20)10-3-2-4-11(7-10)18(21)22/h2-8H,9H2,1H3,(H,19,20). The third kappa shape index (κ3) is 3.88. The van der Waals surface area contributed by atoms with Crippen LogP contribution in [-0.2, 0) is 14.8 Å². The molecule has 138 valence electrons. The maximum Gasteiger partial charge on any atom is 0.324 e. The number of nitro benzene ring substituents is 1. The zero-order chi connectivity index (χ0) is 19.5. The molecule has 0 fully saturated rings. The maximum atomic E-state index is 13.9. The molecule has 0 aliphatic carbocycles. The molecule has 26 heavy (non-hydrogen) atoms. The second-order valence-electron chi connectivity index (χ2n) is 4.98. The van der Waals surface area contributed by atoms with E-state index in [-0.39, 0.29) is 11.4 Å². The molecule has 0 aliphatic rings. The molecule has 11 heteroatoms. The fraction of sp³-hybridized carbons (Fsp3) is 0.133. The second-order valence-corrected chi connectivity index (χ2v) is 6.84. The molecule has 0 saturated heterocycles. The zero-order valence-corrected chi connectivity index (χ0v) is 14.1. The van der Waals surface area contributed by atoms with Crippen LogP contribution in [0, 0.1) is 15.9 Å². The number of nitro groups is 1. The van der Waals surface area contributed by atoms with Gasteiger partial charge in [0.05, 0.1) is 22.6 Å². The van der Waals surface area contributed by atoms with Crippen LogP contribution in [-0.4, -0.2) is 38.1 Å². The number of aliphatic carboxylic acids is 1. The van der Waals surface area contributed by atoms with Crippen molar-refractivity contribution >= 4 is 27.4 Å². The summed E-state index contributed by atoms with van der Waals surface area (Å²) in [5.74, 6) is -2.64. The van der Waals surface area contributed by atoms with E-state index in [0.29, 0.717) is 10.4 Å². The fourth-order valence-electron chi connectivity index (χ4n) is 2.13. The minimum atomic E-state index is -4.50. The lowest BCUT2D eigenvalue weighted by molar-refractivity contribution is -0.384. The van der Waals surface area contributed by atoms with E-state index >= 15 is 0 Å². The normalized spacial score (nSPS) is 11.0. The summed E-state index contributed by atoms with van der Waals surface area (Å²) in [6.45, 7) is -1.00. The number of carboxylic acid groups (broad SMARTS) is 1. The number of hydrogen-bond acceptors (Lipinski definition) is 6. The van der Waals surface area contributed by atoms with Crippen molar-refractivity contribution in [3.8, 4) is 5.75 Å². The van der Waals surface area contributed by atoms with Gasteiger partial charge in [0.25, 0.3) is 15.7 Å². The van der Waals surface area contributed by atoms with E-state index in [4.69, 9.17) is 9.84 Å². The number of methoxy groups -OCH3 is 1. The van der Waals surface area contributed by atoms with Crippen molar-refractivity contribution < 1.29 is 32.4 Å². The largest absolute Gasteiger partial charge is 0.494 e. The lowest BCUT2D eigenvalue weighted by atomic mass is 10.3. The Bertz CT molecular complexity index is 962. The van der Waals surface area contributed by atoms with E-state index in [1.54, 1.807) is 0 Å². The highest BCUT2D eigenvalue weighted by atomic mass is 32.2. The Morgan fingerprint density at radius 2 is 2.00 bits per heavy atom. The summed E-state index contributed by atoms with van der Waals surface area (Å²) >= 11 is 0. The Morgan fingerprint density at radius 1 is 1.31 bits per heavy atom. The van der Waals surface area contributed by atoms with Gasteiger partial charge in [-0.05, 0) is 24.3 Å². The first-order valence-corrected chi connectivity index (χ1v) is 8.43. The van der Waals surface area contributed by atoms with Gasteiger partial charge in [-0.1, -0.05) is 6.07 Å². The van der Waals surface area contributed by atoms with Crippen LogP contribution >= 0.6 is 0 Å². The summed E-state index contributed by atoms with van der Waals surface area (Å²) in [5.41, 5.74) is -0.660. The van der Waals surface area contributed by atoms with Gasteiger partial charge < -0.3 is 9.84 Å². The number of carboxylic acids is 1. The number of ether oxygens (including phenoxy) is 1. The van der Waals surface area contributed by atoms with Crippen LogP contribution in [0.5, 0.6) is 5.75 Å². The highest BCUT2D eigenvalue weighted by molar-refractivity contribution is 7.92. The van der Waals surface area contributed by atoms with Crippen molar-refractivity contribution in [3.63, 3.8) is 0 Å². The van der Waals surface area contributed by atoms with Gasteiger partial charge in [0.1, 0.15) is 6.54 Å². The number of hydrogen-bond donors (Lipinski definition) is 1. The molecule has 0 aromatic heterocycles. The van der Waals surface area contributed by atoms with Crippen LogP contribution in [0.25, 0.3) is 0 Å². The molecule has 0 heterocycles.